The summed E-state index contributed by atoms with van der Waals surface area (Å²) in [4.78, 5) is 0. The van der Waals surface area contributed by atoms with E-state index in [0.29, 0.717) is 11.5 Å². The van der Waals surface area contributed by atoms with E-state index in [0.717, 1.165) is 0 Å². The maximum absolute atomic E-state index is 3.70. The molecular weight excluding hydrogens is 194 g/mol. The van der Waals surface area contributed by atoms with Crippen LogP contribution in [0.5, 0.6) is 0 Å². The van der Waals surface area contributed by atoms with Crippen LogP contribution in [0.25, 0.3) is 0 Å². The number of benzene rings is 1. The molecule has 0 saturated heterocycles. The lowest BCUT2D eigenvalue weighted by Gasteiger charge is -2.44. The predicted octanol–water partition coefficient (Wildman–Crippen LogP) is 3.55. The molecule has 1 aliphatic heterocycles. The Labute approximate surface area is 98.3 Å². The fourth-order valence-corrected chi connectivity index (χ4v) is 3.59. The quantitative estimate of drug-likeness (QED) is 0.698. The summed E-state index contributed by atoms with van der Waals surface area (Å²) in [5, 5.41) is 3.70. The molecule has 1 heterocycles. The first kappa shape index (κ1) is 10.3. The highest BCUT2D eigenvalue weighted by Gasteiger charge is 2.38. The van der Waals surface area contributed by atoms with Gasteiger partial charge in [-0.3, -0.25) is 0 Å². The first-order chi connectivity index (χ1) is 7.82. The van der Waals surface area contributed by atoms with E-state index in [2.05, 4.69) is 36.5 Å². The van der Waals surface area contributed by atoms with Crippen LogP contribution in [0.4, 0.5) is 0 Å². The van der Waals surface area contributed by atoms with Gasteiger partial charge in [-0.25, -0.2) is 0 Å². The van der Waals surface area contributed by atoms with E-state index in [1.165, 1.54) is 44.2 Å². The Morgan fingerprint density at radius 1 is 1.12 bits per heavy atom. The zero-order chi connectivity index (χ0) is 11.0. The summed E-state index contributed by atoms with van der Waals surface area (Å²) in [5.74, 6) is 0. The Kier molecular flexibility index (Phi) is 2.51. The molecule has 1 aliphatic carbocycles. The smallest absolute Gasteiger partial charge is 0.0295 e. The molecule has 0 aromatic heterocycles. The second kappa shape index (κ2) is 3.89. The van der Waals surface area contributed by atoms with Crippen LogP contribution < -0.4 is 5.32 Å². The summed E-state index contributed by atoms with van der Waals surface area (Å²) in [7, 11) is 0. The van der Waals surface area contributed by atoms with E-state index in [-0.39, 0.29) is 0 Å². The van der Waals surface area contributed by atoms with Gasteiger partial charge in [0.25, 0.3) is 0 Å². The Morgan fingerprint density at radius 3 is 2.69 bits per heavy atom. The lowest BCUT2D eigenvalue weighted by atomic mass is 9.66. The van der Waals surface area contributed by atoms with Gasteiger partial charge in [0.15, 0.2) is 0 Å². The normalized spacial score (nSPS) is 27.7. The van der Waals surface area contributed by atoms with E-state index in [9.17, 15) is 0 Å². The predicted molar refractivity (Wildman–Crippen MR) is 67.6 cm³/mol. The molecule has 3 rings (SSSR count). The summed E-state index contributed by atoms with van der Waals surface area (Å²) in [6.45, 7) is 3.47. The van der Waals surface area contributed by atoms with Gasteiger partial charge >= 0.3 is 0 Å². The average molecular weight is 215 g/mol. The Morgan fingerprint density at radius 2 is 1.88 bits per heavy atom. The molecule has 1 nitrogen and oxygen atoms in total. The fourth-order valence-electron chi connectivity index (χ4n) is 3.59. The summed E-state index contributed by atoms with van der Waals surface area (Å²) in [6, 6.07) is 9.61. The minimum atomic E-state index is 0.460. The Bertz CT molecular complexity index is 377. The molecule has 1 unspecified atom stereocenters. The van der Waals surface area contributed by atoms with Crippen molar-refractivity contribution in [1.82, 2.24) is 5.32 Å². The molecule has 0 amide bonds. The summed E-state index contributed by atoms with van der Waals surface area (Å²) < 4.78 is 0. The molecule has 1 spiro atoms. The second-order valence-corrected chi connectivity index (χ2v) is 5.53. The van der Waals surface area contributed by atoms with E-state index in [1.807, 2.05) is 0 Å². The third-order valence-electron chi connectivity index (χ3n) is 4.56. The van der Waals surface area contributed by atoms with Crippen molar-refractivity contribution in [2.24, 2.45) is 0 Å². The van der Waals surface area contributed by atoms with Crippen molar-refractivity contribution in [1.29, 1.82) is 0 Å². The van der Waals surface area contributed by atoms with Crippen molar-refractivity contribution in [3.05, 3.63) is 35.4 Å². The van der Waals surface area contributed by atoms with Crippen LogP contribution in [0.3, 0.4) is 0 Å². The van der Waals surface area contributed by atoms with Crippen LogP contribution in [0.15, 0.2) is 24.3 Å². The van der Waals surface area contributed by atoms with E-state index < -0.39 is 0 Å². The largest absolute Gasteiger partial charge is 0.309 e. The number of hydrogen-bond donors (Lipinski definition) is 1. The SMILES string of the molecule is CC1NCC2(CCCCC2)c2ccccc21. The molecule has 16 heavy (non-hydrogen) atoms. The van der Waals surface area contributed by atoms with Gasteiger partial charge in [-0.15, -0.1) is 0 Å². The van der Waals surface area contributed by atoms with Gasteiger partial charge in [0, 0.05) is 18.0 Å². The van der Waals surface area contributed by atoms with Crippen molar-refractivity contribution >= 4 is 0 Å². The lowest BCUT2D eigenvalue weighted by Crippen LogP contribution is -2.45. The summed E-state index contributed by atoms with van der Waals surface area (Å²) in [6.07, 6.45) is 7.00. The van der Waals surface area contributed by atoms with Crippen LogP contribution in [-0.4, -0.2) is 6.54 Å². The van der Waals surface area contributed by atoms with Gasteiger partial charge in [-0.05, 0) is 30.9 Å². The van der Waals surface area contributed by atoms with Crippen molar-refractivity contribution in [3.63, 3.8) is 0 Å². The highest BCUT2D eigenvalue weighted by molar-refractivity contribution is 5.39. The number of fused-ring (bicyclic) bond motifs is 2. The molecule has 1 fully saturated rings. The van der Waals surface area contributed by atoms with E-state index in [1.54, 1.807) is 5.56 Å². The van der Waals surface area contributed by atoms with Gasteiger partial charge in [0.1, 0.15) is 0 Å². The topological polar surface area (TPSA) is 12.0 Å². The van der Waals surface area contributed by atoms with Crippen LogP contribution in [0.1, 0.15) is 56.2 Å². The number of nitrogens with one attached hydrogen (secondary N) is 1. The lowest BCUT2D eigenvalue weighted by molar-refractivity contribution is 0.252. The van der Waals surface area contributed by atoms with Crippen molar-refractivity contribution < 1.29 is 0 Å². The minimum Gasteiger partial charge on any atom is -0.309 e. The number of hydrogen-bond acceptors (Lipinski definition) is 1. The maximum atomic E-state index is 3.70. The van der Waals surface area contributed by atoms with Crippen LogP contribution in [0.2, 0.25) is 0 Å². The van der Waals surface area contributed by atoms with Gasteiger partial charge in [-0.1, -0.05) is 43.5 Å². The van der Waals surface area contributed by atoms with E-state index in [4.69, 9.17) is 0 Å². The molecule has 86 valence electrons. The second-order valence-electron chi connectivity index (χ2n) is 5.53. The standard InChI is InChI=1S/C15H21N/c1-12-13-7-3-4-8-14(13)15(11-16-12)9-5-2-6-10-15/h3-4,7-8,12,16H,2,5-6,9-11H2,1H3. The molecular formula is C15H21N. The van der Waals surface area contributed by atoms with Gasteiger partial charge in [0.2, 0.25) is 0 Å². The molecule has 2 aliphatic rings. The molecule has 1 atom stereocenters. The summed E-state index contributed by atoms with van der Waals surface area (Å²) in [5.41, 5.74) is 3.64. The fraction of sp³-hybridized carbons (Fsp3) is 0.600. The van der Waals surface area contributed by atoms with E-state index >= 15 is 0 Å². The van der Waals surface area contributed by atoms with Crippen molar-refractivity contribution in [3.8, 4) is 0 Å². The summed E-state index contributed by atoms with van der Waals surface area (Å²) >= 11 is 0. The molecule has 1 aromatic carbocycles. The first-order valence-corrected chi connectivity index (χ1v) is 6.65. The number of rotatable bonds is 0. The molecule has 0 radical (unpaired) electrons. The average Bonchev–Trinajstić information content (AvgIpc) is 2.36. The molecule has 0 bridgehead atoms. The maximum Gasteiger partial charge on any atom is 0.0295 e. The van der Waals surface area contributed by atoms with Crippen LogP contribution in [-0.2, 0) is 5.41 Å². The van der Waals surface area contributed by atoms with Crippen LogP contribution >= 0.6 is 0 Å². The van der Waals surface area contributed by atoms with Crippen molar-refractivity contribution in [2.45, 2.75) is 50.5 Å². The highest BCUT2D eigenvalue weighted by Crippen LogP contribution is 2.44. The highest BCUT2D eigenvalue weighted by atomic mass is 14.9. The van der Waals surface area contributed by atoms with Gasteiger partial charge in [0.05, 0.1) is 0 Å². The van der Waals surface area contributed by atoms with Crippen LogP contribution in [0, 0.1) is 0 Å². The third-order valence-corrected chi connectivity index (χ3v) is 4.56. The van der Waals surface area contributed by atoms with Gasteiger partial charge in [-0.2, -0.15) is 0 Å². The zero-order valence-corrected chi connectivity index (χ0v) is 10.1. The first-order valence-electron chi connectivity index (χ1n) is 6.65. The zero-order valence-electron chi connectivity index (χ0n) is 10.1. The minimum absolute atomic E-state index is 0.460. The van der Waals surface area contributed by atoms with Gasteiger partial charge < -0.3 is 5.32 Å². The molecule has 1 heteroatoms. The molecule has 1 N–H and O–H groups in total. The third kappa shape index (κ3) is 1.49. The molecule has 1 saturated carbocycles. The Hall–Kier alpha value is -0.820. The monoisotopic (exact) mass is 215 g/mol. The Balaban J connectivity index is 2.06. The van der Waals surface area contributed by atoms with Crippen molar-refractivity contribution in [2.75, 3.05) is 6.54 Å². The molecule has 1 aromatic rings.